The van der Waals surface area contributed by atoms with Crippen LogP contribution in [0.5, 0.6) is 0 Å². The summed E-state index contributed by atoms with van der Waals surface area (Å²) in [6, 6.07) is 0. The Bertz CT molecular complexity index is 157. The summed E-state index contributed by atoms with van der Waals surface area (Å²) in [5.41, 5.74) is -0.156. The number of carbonyl (C=O) groups excluding carboxylic acids is 1. The lowest BCUT2D eigenvalue weighted by atomic mass is 10.0. The molecule has 0 N–H and O–H groups in total. The van der Waals surface area contributed by atoms with Crippen molar-refractivity contribution in [1.29, 1.82) is 0 Å². The summed E-state index contributed by atoms with van der Waals surface area (Å²) in [4.78, 5) is 11.4. The van der Waals surface area contributed by atoms with E-state index in [2.05, 4.69) is 0 Å². The first kappa shape index (κ1) is 8.68. The molecule has 0 aromatic rings. The Morgan fingerprint density at radius 1 is 1.36 bits per heavy atom. The van der Waals surface area contributed by atoms with E-state index in [1.165, 1.54) is 14.2 Å². The molecule has 1 saturated carbocycles. The summed E-state index contributed by atoms with van der Waals surface area (Å²) in [5.74, 6) is 0.0718. The van der Waals surface area contributed by atoms with Gasteiger partial charge in [0.15, 0.2) is 5.78 Å². The molecule has 0 spiro atoms. The van der Waals surface area contributed by atoms with E-state index in [0.717, 1.165) is 12.8 Å². The van der Waals surface area contributed by atoms with Crippen molar-refractivity contribution in [2.45, 2.75) is 26.1 Å². The van der Waals surface area contributed by atoms with Gasteiger partial charge in [0.1, 0.15) is 0 Å². The van der Waals surface area contributed by atoms with Gasteiger partial charge in [0, 0.05) is 19.6 Å². The van der Waals surface area contributed by atoms with Crippen molar-refractivity contribution >= 4 is 5.78 Å². The minimum atomic E-state index is -0.664. The van der Waals surface area contributed by atoms with Crippen LogP contribution in [0.15, 0.2) is 0 Å². The normalized spacial score (nSPS) is 20.4. The molecule has 1 fully saturated rings. The van der Waals surface area contributed by atoms with E-state index in [-0.39, 0.29) is 11.2 Å². The lowest BCUT2D eigenvalue weighted by molar-refractivity contribution is -0.161. The van der Waals surface area contributed by atoms with Crippen molar-refractivity contribution in [3.63, 3.8) is 0 Å². The highest BCUT2D eigenvalue weighted by atomic mass is 16.7. The highest BCUT2D eigenvalue weighted by Gasteiger charge is 2.47. The van der Waals surface area contributed by atoms with E-state index in [1.54, 1.807) is 0 Å². The monoisotopic (exact) mass is 158 g/mol. The van der Waals surface area contributed by atoms with Crippen LogP contribution < -0.4 is 0 Å². The zero-order valence-electron chi connectivity index (χ0n) is 7.22. The SMILES string of the molecule is COC(OC)C(=O)C1(C)CC1. The maximum atomic E-state index is 11.4. The fraction of sp³-hybridized carbons (Fsp3) is 0.875. The topological polar surface area (TPSA) is 35.5 Å². The molecule has 0 bridgehead atoms. The summed E-state index contributed by atoms with van der Waals surface area (Å²) in [6.45, 7) is 1.94. The number of methoxy groups -OCH3 is 2. The van der Waals surface area contributed by atoms with Crippen LogP contribution >= 0.6 is 0 Å². The minimum absolute atomic E-state index is 0.0718. The maximum Gasteiger partial charge on any atom is 0.217 e. The molecule has 1 aliphatic carbocycles. The molecule has 3 heteroatoms. The number of ketones is 1. The van der Waals surface area contributed by atoms with Crippen molar-refractivity contribution in [1.82, 2.24) is 0 Å². The van der Waals surface area contributed by atoms with E-state index in [1.807, 2.05) is 6.92 Å². The van der Waals surface area contributed by atoms with Gasteiger partial charge >= 0.3 is 0 Å². The molecular weight excluding hydrogens is 144 g/mol. The Labute approximate surface area is 66.7 Å². The summed E-state index contributed by atoms with van der Waals surface area (Å²) in [5, 5.41) is 0. The van der Waals surface area contributed by atoms with Crippen LogP contribution in [0.4, 0.5) is 0 Å². The highest BCUT2D eigenvalue weighted by Crippen LogP contribution is 2.46. The van der Waals surface area contributed by atoms with E-state index >= 15 is 0 Å². The molecule has 0 amide bonds. The lowest BCUT2D eigenvalue weighted by Gasteiger charge is -2.15. The number of Topliss-reactive ketones (excluding diaryl/α,β-unsaturated/α-hetero) is 1. The molecule has 0 saturated heterocycles. The second-order valence-electron chi connectivity index (χ2n) is 3.23. The standard InChI is InChI=1S/C8H14O3/c1-8(4-5-8)6(9)7(10-2)11-3/h7H,4-5H2,1-3H3. The van der Waals surface area contributed by atoms with Gasteiger partial charge in [0.2, 0.25) is 6.29 Å². The first-order valence-electron chi connectivity index (χ1n) is 3.74. The average molecular weight is 158 g/mol. The van der Waals surface area contributed by atoms with Gasteiger partial charge in [-0.1, -0.05) is 6.92 Å². The van der Waals surface area contributed by atoms with E-state index in [0.29, 0.717) is 0 Å². The number of hydrogen-bond acceptors (Lipinski definition) is 3. The number of hydrogen-bond donors (Lipinski definition) is 0. The molecule has 3 nitrogen and oxygen atoms in total. The first-order valence-corrected chi connectivity index (χ1v) is 3.74. The van der Waals surface area contributed by atoms with Gasteiger partial charge in [0.05, 0.1) is 0 Å². The molecule has 1 aliphatic rings. The largest absolute Gasteiger partial charge is 0.349 e. The number of ether oxygens (including phenoxy) is 2. The van der Waals surface area contributed by atoms with Crippen LogP contribution in [0.1, 0.15) is 19.8 Å². The van der Waals surface area contributed by atoms with Gasteiger partial charge in [-0.2, -0.15) is 0 Å². The second-order valence-corrected chi connectivity index (χ2v) is 3.23. The maximum absolute atomic E-state index is 11.4. The molecule has 0 unspecified atom stereocenters. The Balaban J connectivity index is 2.51. The molecule has 1 rings (SSSR count). The third kappa shape index (κ3) is 1.60. The average Bonchev–Trinajstić information content (AvgIpc) is 2.72. The Morgan fingerprint density at radius 3 is 2.09 bits per heavy atom. The molecule has 0 aliphatic heterocycles. The predicted octanol–water partition coefficient (Wildman–Crippen LogP) is 0.974. The third-order valence-corrected chi connectivity index (χ3v) is 2.24. The molecule has 0 atom stereocenters. The molecule has 64 valence electrons. The Hall–Kier alpha value is -0.410. The van der Waals surface area contributed by atoms with Gasteiger partial charge < -0.3 is 9.47 Å². The molecule has 0 heterocycles. The van der Waals surface area contributed by atoms with Gasteiger partial charge in [-0.05, 0) is 12.8 Å². The second kappa shape index (κ2) is 2.91. The molecule has 0 aromatic heterocycles. The minimum Gasteiger partial charge on any atom is -0.349 e. The smallest absolute Gasteiger partial charge is 0.217 e. The van der Waals surface area contributed by atoms with Gasteiger partial charge in [0.25, 0.3) is 0 Å². The Kier molecular flexibility index (Phi) is 2.30. The highest BCUT2D eigenvalue weighted by molar-refractivity contribution is 5.89. The van der Waals surface area contributed by atoms with Crippen molar-refractivity contribution < 1.29 is 14.3 Å². The van der Waals surface area contributed by atoms with Crippen molar-refractivity contribution in [2.24, 2.45) is 5.41 Å². The third-order valence-electron chi connectivity index (χ3n) is 2.24. The van der Waals surface area contributed by atoms with Crippen LogP contribution in [0.3, 0.4) is 0 Å². The van der Waals surface area contributed by atoms with E-state index in [4.69, 9.17) is 9.47 Å². The fourth-order valence-electron chi connectivity index (χ4n) is 1.03. The van der Waals surface area contributed by atoms with E-state index < -0.39 is 6.29 Å². The summed E-state index contributed by atoms with van der Waals surface area (Å²) < 4.78 is 9.71. The van der Waals surface area contributed by atoms with E-state index in [9.17, 15) is 4.79 Å². The fourth-order valence-corrected chi connectivity index (χ4v) is 1.03. The van der Waals surface area contributed by atoms with Crippen LogP contribution in [0.2, 0.25) is 0 Å². The van der Waals surface area contributed by atoms with Crippen molar-refractivity contribution in [3.8, 4) is 0 Å². The zero-order valence-corrected chi connectivity index (χ0v) is 7.22. The lowest BCUT2D eigenvalue weighted by Crippen LogP contribution is -2.30. The summed E-state index contributed by atoms with van der Waals surface area (Å²) in [6.07, 6.45) is 1.27. The van der Waals surface area contributed by atoms with Gasteiger partial charge in [-0.3, -0.25) is 4.79 Å². The van der Waals surface area contributed by atoms with Crippen LogP contribution in [-0.2, 0) is 14.3 Å². The quantitative estimate of drug-likeness (QED) is 0.572. The zero-order chi connectivity index (χ0) is 8.48. The van der Waals surface area contributed by atoms with Crippen molar-refractivity contribution in [3.05, 3.63) is 0 Å². The molecule has 11 heavy (non-hydrogen) atoms. The molecule has 0 aromatic carbocycles. The molecule has 0 radical (unpaired) electrons. The predicted molar refractivity (Wildman–Crippen MR) is 40.2 cm³/mol. The van der Waals surface area contributed by atoms with Crippen LogP contribution in [-0.4, -0.2) is 26.3 Å². The number of carbonyl (C=O) groups is 1. The first-order chi connectivity index (χ1) is 5.14. The summed E-state index contributed by atoms with van der Waals surface area (Å²) in [7, 11) is 2.97. The van der Waals surface area contributed by atoms with Gasteiger partial charge in [-0.15, -0.1) is 0 Å². The summed E-state index contributed by atoms with van der Waals surface area (Å²) >= 11 is 0. The Morgan fingerprint density at radius 2 is 1.82 bits per heavy atom. The molecular formula is C8H14O3. The van der Waals surface area contributed by atoms with Crippen LogP contribution in [0, 0.1) is 5.41 Å². The van der Waals surface area contributed by atoms with Crippen molar-refractivity contribution in [2.75, 3.05) is 14.2 Å². The van der Waals surface area contributed by atoms with Gasteiger partial charge in [-0.25, -0.2) is 0 Å². The number of rotatable bonds is 4. The van der Waals surface area contributed by atoms with Crippen LogP contribution in [0.25, 0.3) is 0 Å².